The normalized spacial score (nSPS) is 12.3. The van der Waals surface area contributed by atoms with Crippen LogP contribution in [0.15, 0.2) is 53.1 Å². The highest BCUT2D eigenvalue weighted by Gasteiger charge is 2.12. The van der Waals surface area contributed by atoms with Crippen molar-refractivity contribution in [2.75, 3.05) is 6.61 Å². The van der Waals surface area contributed by atoms with E-state index in [1.807, 2.05) is 42.5 Å². The third kappa shape index (κ3) is 2.62. The van der Waals surface area contributed by atoms with Gasteiger partial charge in [-0.1, -0.05) is 18.2 Å². The van der Waals surface area contributed by atoms with Crippen molar-refractivity contribution in [2.45, 2.75) is 6.04 Å². The van der Waals surface area contributed by atoms with Gasteiger partial charge in [-0.25, -0.2) is 5.43 Å². The number of furan rings is 1. The van der Waals surface area contributed by atoms with E-state index >= 15 is 0 Å². The van der Waals surface area contributed by atoms with Crippen molar-refractivity contribution in [1.29, 1.82) is 0 Å². The van der Waals surface area contributed by atoms with Gasteiger partial charge >= 0.3 is 0 Å². The second-order valence-corrected chi connectivity index (χ2v) is 3.36. The molecule has 4 nitrogen and oxygen atoms in total. The third-order valence-electron chi connectivity index (χ3n) is 2.25. The molecular formula is C12H14N2O2. The maximum Gasteiger partial charge on any atom is 0.125 e. The van der Waals surface area contributed by atoms with Crippen LogP contribution in [0.3, 0.4) is 0 Å². The average Bonchev–Trinajstić information content (AvgIpc) is 2.85. The highest BCUT2D eigenvalue weighted by Crippen LogP contribution is 2.15. The van der Waals surface area contributed by atoms with Crippen LogP contribution in [-0.2, 0) is 0 Å². The molecule has 2 rings (SSSR count). The molecule has 1 heterocycles. The van der Waals surface area contributed by atoms with Gasteiger partial charge in [0.25, 0.3) is 0 Å². The first-order valence-corrected chi connectivity index (χ1v) is 5.07. The number of hydrogen-bond donors (Lipinski definition) is 2. The Morgan fingerprint density at radius 1 is 1.19 bits per heavy atom. The third-order valence-corrected chi connectivity index (χ3v) is 2.25. The molecule has 0 bridgehead atoms. The molecule has 0 fully saturated rings. The molecule has 0 radical (unpaired) electrons. The lowest BCUT2D eigenvalue weighted by Crippen LogP contribution is -2.32. The number of benzene rings is 1. The van der Waals surface area contributed by atoms with Gasteiger partial charge in [-0.2, -0.15) is 0 Å². The standard InChI is InChI=1S/C12H14N2O2/c13-14-11(12-7-4-8-15-12)9-16-10-5-2-1-3-6-10/h1-8,11,14H,9,13H2. The van der Waals surface area contributed by atoms with Crippen LogP contribution >= 0.6 is 0 Å². The minimum atomic E-state index is -0.143. The van der Waals surface area contributed by atoms with Gasteiger partial charge in [0.2, 0.25) is 0 Å². The van der Waals surface area contributed by atoms with Crippen molar-refractivity contribution in [1.82, 2.24) is 5.43 Å². The summed E-state index contributed by atoms with van der Waals surface area (Å²) in [5.74, 6) is 7.01. The van der Waals surface area contributed by atoms with E-state index < -0.39 is 0 Å². The van der Waals surface area contributed by atoms with Gasteiger partial charge in [-0.05, 0) is 24.3 Å². The quantitative estimate of drug-likeness (QED) is 0.594. The fourth-order valence-electron chi connectivity index (χ4n) is 1.40. The molecule has 1 aromatic carbocycles. The molecule has 16 heavy (non-hydrogen) atoms. The average molecular weight is 218 g/mol. The van der Waals surface area contributed by atoms with Crippen molar-refractivity contribution < 1.29 is 9.15 Å². The molecule has 0 aliphatic heterocycles. The van der Waals surface area contributed by atoms with E-state index in [0.717, 1.165) is 11.5 Å². The number of para-hydroxylation sites is 1. The molecular weight excluding hydrogens is 204 g/mol. The van der Waals surface area contributed by atoms with Gasteiger partial charge in [0.15, 0.2) is 0 Å². The molecule has 4 heteroatoms. The van der Waals surface area contributed by atoms with Crippen LogP contribution in [0.2, 0.25) is 0 Å². The summed E-state index contributed by atoms with van der Waals surface area (Å²) in [4.78, 5) is 0. The largest absolute Gasteiger partial charge is 0.491 e. The fourth-order valence-corrected chi connectivity index (χ4v) is 1.40. The van der Waals surface area contributed by atoms with E-state index in [0.29, 0.717) is 6.61 Å². The predicted octanol–water partition coefficient (Wildman–Crippen LogP) is 1.86. The van der Waals surface area contributed by atoms with Gasteiger partial charge in [-0.15, -0.1) is 0 Å². The molecule has 3 N–H and O–H groups in total. The minimum Gasteiger partial charge on any atom is -0.491 e. The number of nitrogens with one attached hydrogen (secondary N) is 1. The molecule has 1 atom stereocenters. The first kappa shape index (κ1) is 10.7. The Kier molecular flexibility index (Phi) is 3.58. The van der Waals surface area contributed by atoms with Crippen molar-refractivity contribution in [3.05, 3.63) is 54.5 Å². The Morgan fingerprint density at radius 3 is 2.62 bits per heavy atom. The topological polar surface area (TPSA) is 60.4 Å². The molecule has 1 unspecified atom stereocenters. The molecule has 1 aromatic heterocycles. The summed E-state index contributed by atoms with van der Waals surface area (Å²) in [5.41, 5.74) is 2.66. The Morgan fingerprint density at radius 2 is 2.00 bits per heavy atom. The van der Waals surface area contributed by atoms with Crippen LogP contribution in [0.5, 0.6) is 5.75 Å². The summed E-state index contributed by atoms with van der Waals surface area (Å²) in [5, 5.41) is 0. The van der Waals surface area contributed by atoms with Gasteiger partial charge in [0, 0.05) is 0 Å². The van der Waals surface area contributed by atoms with E-state index in [2.05, 4.69) is 5.43 Å². The molecule has 0 saturated heterocycles. The van der Waals surface area contributed by atoms with Crippen molar-refractivity contribution in [2.24, 2.45) is 5.84 Å². The van der Waals surface area contributed by atoms with Crippen LogP contribution in [0.1, 0.15) is 11.8 Å². The monoisotopic (exact) mass is 218 g/mol. The van der Waals surface area contributed by atoms with Crippen LogP contribution in [-0.4, -0.2) is 6.61 Å². The van der Waals surface area contributed by atoms with Gasteiger partial charge in [-0.3, -0.25) is 5.84 Å². The molecule has 0 amide bonds. The Hall–Kier alpha value is -1.78. The Balaban J connectivity index is 1.94. The number of nitrogens with two attached hydrogens (primary N) is 1. The van der Waals surface area contributed by atoms with E-state index in [9.17, 15) is 0 Å². The number of hydrazine groups is 1. The first-order chi connectivity index (χ1) is 7.90. The maximum atomic E-state index is 5.58. The lowest BCUT2D eigenvalue weighted by molar-refractivity contribution is 0.247. The van der Waals surface area contributed by atoms with Crippen LogP contribution in [0.25, 0.3) is 0 Å². The number of rotatable bonds is 5. The number of hydrogen-bond acceptors (Lipinski definition) is 4. The van der Waals surface area contributed by atoms with E-state index in [4.69, 9.17) is 15.0 Å². The maximum absolute atomic E-state index is 5.58. The van der Waals surface area contributed by atoms with Crippen LogP contribution < -0.4 is 16.0 Å². The first-order valence-electron chi connectivity index (χ1n) is 5.07. The number of ether oxygens (including phenoxy) is 1. The second kappa shape index (κ2) is 5.34. The summed E-state index contributed by atoms with van der Waals surface area (Å²) in [6.45, 7) is 0.425. The van der Waals surface area contributed by atoms with Gasteiger partial charge in [0.05, 0.1) is 6.26 Å². The van der Waals surface area contributed by atoms with Crippen molar-refractivity contribution in [3.8, 4) is 5.75 Å². The lowest BCUT2D eigenvalue weighted by Gasteiger charge is -2.14. The molecule has 84 valence electrons. The molecule has 0 aliphatic rings. The van der Waals surface area contributed by atoms with Crippen molar-refractivity contribution in [3.63, 3.8) is 0 Å². The van der Waals surface area contributed by atoms with E-state index in [-0.39, 0.29) is 6.04 Å². The zero-order valence-corrected chi connectivity index (χ0v) is 8.80. The Labute approximate surface area is 94.0 Å². The second-order valence-electron chi connectivity index (χ2n) is 3.36. The lowest BCUT2D eigenvalue weighted by atomic mass is 10.2. The minimum absolute atomic E-state index is 0.143. The van der Waals surface area contributed by atoms with Crippen LogP contribution in [0, 0.1) is 0 Å². The van der Waals surface area contributed by atoms with E-state index in [1.165, 1.54) is 0 Å². The summed E-state index contributed by atoms with van der Waals surface area (Å²) in [7, 11) is 0. The predicted molar refractivity (Wildman–Crippen MR) is 60.7 cm³/mol. The Bertz CT molecular complexity index is 400. The summed E-state index contributed by atoms with van der Waals surface area (Å²) in [6, 6.07) is 13.1. The fraction of sp³-hybridized carbons (Fsp3) is 0.167. The van der Waals surface area contributed by atoms with E-state index in [1.54, 1.807) is 6.26 Å². The summed E-state index contributed by atoms with van der Waals surface area (Å²) in [6.07, 6.45) is 1.61. The smallest absolute Gasteiger partial charge is 0.125 e. The summed E-state index contributed by atoms with van der Waals surface area (Å²) < 4.78 is 10.8. The highest BCUT2D eigenvalue weighted by atomic mass is 16.5. The van der Waals surface area contributed by atoms with Crippen LogP contribution in [0.4, 0.5) is 0 Å². The molecule has 0 aliphatic carbocycles. The highest BCUT2D eigenvalue weighted by molar-refractivity contribution is 5.21. The van der Waals surface area contributed by atoms with Gasteiger partial charge in [0.1, 0.15) is 24.2 Å². The zero-order chi connectivity index (χ0) is 11.2. The SMILES string of the molecule is NNC(COc1ccccc1)c1ccco1. The summed E-state index contributed by atoms with van der Waals surface area (Å²) >= 11 is 0. The molecule has 0 spiro atoms. The van der Waals surface area contributed by atoms with Gasteiger partial charge < -0.3 is 9.15 Å². The zero-order valence-electron chi connectivity index (χ0n) is 8.80. The molecule has 0 saturated carbocycles. The van der Waals surface area contributed by atoms with Crippen molar-refractivity contribution >= 4 is 0 Å². The molecule has 2 aromatic rings.